The summed E-state index contributed by atoms with van der Waals surface area (Å²) < 4.78 is 0. The minimum Gasteiger partial charge on any atom is -0.353 e. The second-order valence-corrected chi connectivity index (χ2v) is 6.72. The topological polar surface area (TPSA) is 18.8 Å². The highest BCUT2D eigenvalue weighted by Gasteiger charge is 2.24. The summed E-state index contributed by atoms with van der Waals surface area (Å²) in [6.07, 6.45) is 0.996. The molecule has 1 aromatic carbocycles. The highest BCUT2D eigenvalue weighted by Crippen LogP contribution is 2.32. The Morgan fingerprint density at radius 1 is 1.00 bits per heavy atom. The van der Waals surface area contributed by atoms with Gasteiger partial charge in [-0.05, 0) is 35.7 Å². The summed E-state index contributed by atoms with van der Waals surface area (Å²) in [6, 6.07) is 10.8. The number of fused-ring (bicyclic) bond motifs is 2. The fourth-order valence-corrected chi connectivity index (χ4v) is 3.98. The van der Waals surface area contributed by atoms with E-state index in [9.17, 15) is 0 Å². The summed E-state index contributed by atoms with van der Waals surface area (Å²) in [5, 5.41) is 2.20. The van der Waals surface area contributed by atoms with E-state index in [1.54, 1.807) is 0 Å². The highest BCUT2D eigenvalue weighted by molar-refractivity contribution is 7.12. The van der Waals surface area contributed by atoms with E-state index >= 15 is 0 Å². The number of thiophene rings is 1. The van der Waals surface area contributed by atoms with E-state index in [-0.39, 0.29) is 0 Å². The molecule has 0 amide bonds. The predicted octanol–water partition coefficient (Wildman–Crippen LogP) is 2.98. The van der Waals surface area contributed by atoms with Crippen LogP contribution in [0.2, 0.25) is 0 Å². The van der Waals surface area contributed by atoms with Crippen LogP contribution in [0, 0.1) is 0 Å². The quantitative estimate of drug-likeness (QED) is 0.744. The normalized spacial score (nSPS) is 18.7. The Balaban J connectivity index is 1.79. The van der Waals surface area contributed by atoms with Gasteiger partial charge in [0, 0.05) is 32.6 Å². The van der Waals surface area contributed by atoms with E-state index in [2.05, 4.69) is 52.6 Å². The monoisotopic (exact) mass is 297 g/mol. The molecule has 2 aromatic rings. The summed E-state index contributed by atoms with van der Waals surface area (Å²) in [4.78, 5) is 11.2. The van der Waals surface area contributed by atoms with Crippen molar-refractivity contribution < 1.29 is 0 Å². The number of rotatable bonds is 0. The van der Waals surface area contributed by atoms with Crippen LogP contribution in [0.25, 0.3) is 0 Å². The standard InChI is InChI=1S/C17H19N3S/c1-19-7-9-20(10-8-19)17-16-14(6-11-21-16)12-13-4-2-3-5-15(13)18-17/h2-6,11H,7-10,12H2,1H3. The molecular formula is C17H19N3S. The van der Waals surface area contributed by atoms with Crippen LogP contribution < -0.4 is 0 Å². The number of piperazine rings is 1. The van der Waals surface area contributed by atoms with E-state index in [0.29, 0.717) is 0 Å². The van der Waals surface area contributed by atoms with Crippen LogP contribution in [0.5, 0.6) is 0 Å². The zero-order valence-electron chi connectivity index (χ0n) is 12.2. The van der Waals surface area contributed by atoms with Crippen LogP contribution in [0.3, 0.4) is 0 Å². The molecule has 1 fully saturated rings. The first kappa shape index (κ1) is 13.0. The zero-order chi connectivity index (χ0) is 14.2. The molecule has 0 bridgehead atoms. The molecule has 3 heterocycles. The summed E-state index contributed by atoms with van der Waals surface area (Å²) in [7, 11) is 2.19. The van der Waals surface area contributed by atoms with E-state index in [1.165, 1.54) is 21.8 Å². The molecule has 0 atom stereocenters. The number of likely N-dealkylation sites (N-methyl/N-ethyl adjacent to an activating group) is 1. The molecule has 0 spiro atoms. The number of hydrogen-bond donors (Lipinski definition) is 0. The van der Waals surface area contributed by atoms with Gasteiger partial charge in [0.2, 0.25) is 0 Å². The maximum absolute atomic E-state index is 5.04. The van der Waals surface area contributed by atoms with Gasteiger partial charge in [0.25, 0.3) is 0 Å². The summed E-state index contributed by atoms with van der Waals surface area (Å²) in [5.74, 6) is 1.18. The molecule has 108 valence electrons. The van der Waals surface area contributed by atoms with E-state index in [4.69, 9.17) is 4.99 Å². The van der Waals surface area contributed by atoms with Gasteiger partial charge in [-0.2, -0.15) is 0 Å². The van der Waals surface area contributed by atoms with Crippen molar-refractivity contribution in [2.24, 2.45) is 4.99 Å². The second kappa shape index (κ2) is 5.28. The Kier molecular flexibility index (Phi) is 3.28. The van der Waals surface area contributed by atoms with Gasteiger partial charge in [-0.1, -0.05) is 18.2 Å². The molecule has 0 aliphatic carbocycles. The van der Waals surface area contributed by atoms with E-state index < -0.39 is 0 Å². The lowest BCUT2D eigenvalue weighted by molar-refractivity contribution is 0.216. The van der Waals surface area contributed by atoms with Crippen molar-refractivity contribution in [3.63, 3.8) is 0 Å². The molecule has 4 heteroatoms. The van der Waals surface area contributed by atoms with Crippen molar-refractivity contribution in [1.29, 1.82) is 0 Å². The van der Waals surface area contributed by atoms with Crippen molar-refractivity contribution in [1.82, 2.24) is 9.80 Å². The summed E-state index contributed by atoms with van der Waals surface area (Å²) >= 11 is 1.83. The maximum atomic E-state index is 5.04. The van der Waals surface area contributed by atoms with Crippen molar-refractivity contribution in [3.05, 3.63) is 51.7 Å². The number of nitrogens with zero attached hydrogens (tertiary/aromatic N) is 3. The zero-order valence-corrected chi connectivity index (χ0v) is 13.1. The van der Waals surface area contributed by atoms with Crippen LogP contribution >= 0.6 is 11.3 Å². The summed E-state index contributed by atoms with van der Waals surface area (Å²) in [5.41, 5.74) is 3.89. The SMILES string of the molecule is CN1CCN(C2=Nc3ccccc3Cc3ccsc32)CC1. The molecule has 1 saturated heterocycles. The smallest absolute Gasteiger partial charge is 0.147 e. The molecule has 0 unspecified atom stereocenters. The Morgan fingerprint density at radius 3 is 2.67 bits per heavy atom. The maximum Gasteiger partial charge on any atom is 0.147 e. The van der Waals surface area contributed by atoms with Gasteiger partial charge < -0.3 is 9.80 Å². The predicted molar refractivity (Wildman–Crippen MR) is 88.8 cm³/mol. The molecule has 3 nitrogen and oxygen atoms in total. The summed E-state index contributed by atoms with van der Waals surface area (Å²) in [6.45, 7) is 4.35. The lowest BCUT2D eigenvalue weighted by Crippen LogP contribution is -2.47. The molecule has 0 radical (unpaired) electrons. The molecule has 1 aromatic heterocycles. The van der Waals surface area contributed by atoms with E-state index in [1.807, 2.05) is 11.3 Å². The van der Waals surface area contributed by atoms with Crippen LogP contribution in [0.4, 0.5) is 5.69 Å². The van der Waals surface area contributed by atoms with Gasteiger partial charge in [-0.25, -0.2) is 4.99 Å². The average Bonchev–Trinajstić information content (AvgIpc) is 2.89. The minimum atomic E-state index is 0.996. The molecule has 0 N–H and O–H groups in total. The number of amidine groups is 1. The fourth-order valence-electron chi connectivity index (χ4n) is 3.04. The third-order valence-electron chi connectivity index (χ3n) is 4.35. The molecule has 2 aliphatic rings. The number of aliphatic imine (C=N–C) groups is 1. The fraction of sp³-hybridized carbons (Fsp3) is 0.353. The Labute approximate surface area is 129 Å². The number of benzene rings is 1. The minimum absolute atomic E-state index is 0.996. The van der Waals surface area contributed by atoms with Crippen LogP contribution in [-0.2, 0) is 6.42 Å². The van der Waals surface area contributed by atoms with E-state index in [0.717, 1.165) is 38.3 Å². The second-order valence-electron chi connectivity index (χ2n) is 5.81. The van der Waals surface area contributed by atoms with Gasteiger partial charge in [0.15, 0.2) is 0 Å². The largest absolute Gasteiger partial charge is 0.353 e. The number of hydrogen-bond acceptors (Lipinski definition) is 4. The lowest BCUT2D eigenvalue weighted by Gasteiger charge is -2.34. The first-order valence-corrected chi connectivity index (χ1v) is 8.36. The van der Waals surface area contributed by atoms with Gasteiger partial charge in [-0.15, -0.1) is 11.3 Å². The first-order valence-electron chi connectivity index (χ1n) is 7.48. The first-order chi connectivity index (χ1) is 10.3. The Morgan fingerprint density at radius 2 is 1.81 bits per heavy atom. The van der Waals surface area contributed by atoms with Crippen molar-refractivity contribution >= 4 is 22.9 Å². The average molecular weight is 297 g/mol. The molecule has 4 rings (SSSR count). The molecule has 0 saturated carbocycles. The van der Waals surface area contributed by atoms with Crippen LogP contribution in [-0.4, -0.2) is 48.9 Å². The molecular weight excluding hydrogens is 278 g/mol. The van der Waals surface area contributed by atoms with Gasteiger partial charge in [0.1, 0.15) is 5.84 Å². The number of para-hydroxylation sites is 1. The van der Waals surface area contributed by atoms with Crippen LogP contribution in [0.15, 0.2) is 40.7 Å². The Bertz CT molecular complexity index is 681. The lowest BCUT2D eigenvalue weighted by atomic mass is 10.1. The molecule has 21 heavy (non-hydrogen) atoms. The van der Waals surface area contributed by atoms with Crippen LogP contribution in [0.1, 0.15) is 16.0 Å². The van der Waals surface area contributed by atoms with Crippen molar-refractivity contribution in [2.75, 3.05) is 33.2 Å². The van der Waals surface area contributed by atoms with Crippen molar-refractivity contribution in [3.8, 4) is 0 Å². The Hall–Kier alpha value is -1.65. The van der Waals surface area contributed by atoms with Gasteiger partial charge >= 0.3 is 0 Å². The molecule has 2 aliphatic heterocycles. The highest BCUT2D eigenvalue weighted by atomic mass is 32.1. The third-order valence-corrected chi connectivity index (χ3v) is 5.30. The van der Waals surface area contributed by atoms with Gasteiger partial charge in [-0.3, -0.25) is 0 Å². The third kappa shape index (κ3) is 2.39. The van der Waals surface area contributed by atoms with Crippen molar-refractivity contribution in [2.45, 2.75) is 6.42 Å². The van der Waals surface area contributed by atoms with Gasteiger partial charge in [0.05, 0.1) is 10.6 Å².